The molecule has 154 valence electrons. The first-order valence-electron chi connectivity index (χ1n) is 10.3. The Morgan fingerprint density at radius 1 is 0.593 bits per heavy atom. The Morgan fingerprint density at radius 3 is 1.19 bits per heavy atom. The molecule has 0 amide bonds. The number of carboxylic acid groups (broad SMARTS) is 2. The van der Waals surface area contributed by atoms with Crippen LogP contribution in [0.15, 0.2) is 24.3 Å². The Bertz CT molecular complexity index is 343. The molecule has 0 heterocycles. The molecule has 0 aliphatic rings. The molecule has 0 spiro atoms. The largest absolute Gasteiger partial charge is 2.00 e. The van der Waals surface area contributed by atoms with Crippen LogP contribution < -0.4 is 10.2 Å². The number of hydrogen-bond donors (Lipinski definition) is 0. The minimum absolute atomic E-state index is 0. The summed E-state index contributed by atoms with van der Waals surface area (Å²) in [7, 11) is 0. The molecule has 5 heteroatoms. The molecule has 0 aliphatic carbocycles. The molecule has 0 rings (SSSR count). The van der Waals surface area contributed by atoms with Gasteiger partial charge < -0.3 is 19.8 Å². The van der Waals surface area contributed by atoms with Crippen LogP contribution in [-0.4, -0.2) is 35.8 Å². The minimum Gasteiger partial charge on any atom is -0.545 e. The van der Waals surface area contributed by atoms with E-state index in [0.717, 1.165) is 37.8 Å². The molecule has 0 bridgehead atoms. The van der Waals surface area contributed by atoms with Gasteiger partial charge in [-0.2, -0.15) is 0 Å². The van der Waals surface area contributed by atoms with Crippen molar-refractivity contribution < 1.29 is 19.8 Å². The summed E-state index contributed by atoms with van der Waals surface area (Å²) in [6.07, 6.45) is 22.2. The summed E-state index contributed by atoms with van der Waals surface area (Å²) in [5, 5.41) is 20.0. The Kier molecular flexibility index (Phi) is 31.4. The maximum absolute atomic E-state index is 9.98. The van der Waals surface area contributed by atoms with Gasteiger partial charge in [0.05, 0.1) is 11.9 Å². The summed E-state index contributed by atoms with van der Waals surface area (Å²) in [4.78, 5) is 20.0. The van der Waals surface area contributed by atoms with Crippen LogP contribution >= 0.6 is 0 Å². The molecule has 0 unspecified atom stereocenters. The van der Waals surface area contributed by atoms with Gasteiger partial charge in [-0.1, -0.05) is 90.2 Å². The molecule has 0 N–H and O–H groups in total. The number of hydrogen-bond acceptors (Lipinski definition) is 4. The Morgan fingerprint density at radius 2 is 0.889 bits per heavy atom. The first-order chi connectivity index (χ1) is 12.5. The van der Waals surface area contributed by atoms with Crippen LogP contribution in [-0.2, 0) is 9.59 Å². The molecule has 0 atom stereocenters. The summed E-state index contributed by atoms with van der Waals surface area (Å²) in [5.74, 6) is -2.18. The number of carbonyl (C=O) groups is 2. The van der Waals surface area contributed by atoms with Crippen molar-refractivity contribution >= 4 is 35.8 Å². The van der Waals surface area contributed by atoms with Crippen molar-refractivity contribution in [3.05, 3.63) is 24.3 Å². The predicted molar refractivity (Wildman–Crippen MR) is 110 cm³/mol. The third-order valence-corrected chi connectivity index (χ3v) is 3.96. The van der Waals surface area contributed by atoms with E-state index in [1.807, 2.05) is 0 Å². The summed E-state index contributed by atoms with van der Waals surface area (Å²) in [6, 6.07) is 0. The normalized spacial score (nSPS) is 10.4. The van der Waals surface area contributed by atoms with Crippen molar-refractivity contribution in [3.63, 3.8) is 0 Å². The molecular weight excluding hydrogens is 447 g/mol. The fourth-order valence-corrected chi connectivity index (χ4v) is 2.44. The second kappa shape index (κ2) is 27.4. The molecule has 0 aliphatic heterocycles. The van der Waals surface area contributed by atoms with E-state index in [1.165, 1.54) is 64.2 Å². The molecule has 0 saturated carbocycles. The number of allylic oxidation sites excluding steroid dienone is 2. The fourth-order valence-electron chi connectivity index (χ4n) is 2.44. The molecule has 0 aromatic carbocycles. The van der Waals surface area contributed by atoms with Crippen molar-refractivity contribution in [1.82, 2.24) is 0 Å². The first kappa shape index (κ1) is 30.9. The topological polar surface area (TPSA) is 80.3 Å². The molecule has 27 heavy (non-hydrogen) atoms. The van der Waals surface area contributed by atoms with Gasteiger partial charge in [-0.15, -0.1) is 0 Å². The number of aliphatic carboxylic acids is 2. The summed E-state index contributed by atoms with van der Waals surface area (Å²) in [5.41, 5.74) is 0. The van der Waals surface area contributed by atoms with Gasteiger partial charge in [-0.05, 0) is 37.8 Å². The maximum atomic E-state index is 9.98. The van der Waals surface area contributed by atoms with Crippen molar-refractivity contribution in [2.75, 3.05) is 0 Å². The average molecular weight is 485 g/mol. The Balaban J connectivity index is -0.000000411. The zero-order chi connectivity index (χ0) is 19.9. The molecule has 0 fully saturated rings. The molecular formula is C22H38O4Sn. The van der Waals surface area contributed by atoms with Gasteiger partial charge in [-0.25, -0.2) is 0 Å². The van der Waals surface area contributed by atoms with E-state index in [4.69, 9.17) is 0 Å². The van der Waals surface area contributed by atoms with Gasteiger partial charge in [0.25, 0.3) is 0 Å². The van der Waals surface area contributed by atoms with E-state index in [-0.39, 0.29) is 23.9 Å². The zero-order valence-corrected chi connectivity index (χ0v) is 20.2. The van der Waals surface area contributed by atoms with Crippen LogP contribution in [0.3, 0.4) is 0 Å². The van der Waals surface area contributed by atoms with E-state index in [2.05, 4.69) is 13.8 Å². The minimum atomic E-state index is -1.09. The van der Waals surface area contributed by atoms with Crippen molar-refractivity contribution in [1.29, 1.82) is 0 Å². The quantitative estimate of drug-likeness (QED) is 0.190. The van der Waals surface area contributed by atoms with Gasteiger partial charge >= 0.3 is 23.9 Å². The number of rotatable bonds is 16. The van der Waals surface area contributed by atoms with E-state index >= 15 is 0 Å². The fraction of sp³-hybridized carbons (Fsp3) is 0.727. The standard InChI is InChI=1S/2C11H20O2.Sn/c2*1-2-3-4-5-6-7-8-9-10-11(12)13;/h2*9-10H,2-8H2,1H3,(H,12,13);/q;;+2/p-2. The Hall–Kier alpha value is -0.781. The summed E-state index contributed by atoms with van der Waals surface area (Å²) in [6.45, 7) is 4.39. The van der Waals surface area contributed by atoms with Gasteiger partial charge in [0.15, 0.2) is 0 Å². The van der Waals surface area contributed by atoms with E-state index in [0.29, 0.717) is 0 Å². The first-order valence-corrected chi connectivity index (χ1v) is 10.3. The molecule has 2 radical (unpaired) electrons. The second-order valence-corrected chi connectivity index (χ2v) is 6.56. The number of unbranched alkanes of at least 4 members (excludes halogenated alkanes) is 12. The van der Waals surface area contributed by atoms with Gasteiger partial charge in [0, 0.05) is 0 Å². The smallest absolute Gasteiger partial charge is 0.545 e. The Labute approximate surface area is 183 Å². The number of carboxylic acids is 2. The maximum Gasteiger partial charge on any atom is 2.00 e. The monoisotopic (exact) mass is 486 g/mol. The van der Waals surface area contributed by atoms with E-state index in [9.17, 15) is 19.8 Å². The van der Waals surface area contributed by atoms with Crippen LogP contribution in [0.2, 0.25) is 0 Å². The van der Waals surface area contributed by atoms with E-state index < -0.39 is 11.9 Å². The van der Waals surface area contributed by atoms with Crippen molar-refractivity contribution in [2.24, 2.45) is 0 Å². The summed E-state index contributed by atoms with van der Waals surface area (Å²) < 4.78 is 0. The average Bonchev–Trinajstić information content (AvgIpc) is 2.60. The van der Waals surface area contributed by atoms with Crippen LogP contribution in [0.1, 0.15) is 104 Å². The molecule has 0 aromatic heterocycles. The van der Waals surface area contributed by atoms with E-state index in [1.54, 1.807) is 12.2 Å². The van der Waals surface area contributed by atoms with Crippen molar-refractivity contribution in [2.45, 2.75) is 104 Å². The molecule has 0 saturated heterocycles. The molecule has 0 aromatic rings. The second-order valence-electron chi connectivity index (χ2n) is 6.56. The molecule has 4 nitrogen and oxygen atoms in total. The van der Waals surface area contributed by atoms with Crippen LogP contribution in [0.25, 0.3) is 0 Å². The summed E-state index contributed by atoms with van der Waals surface area (Å²) >= 11 is 0. The van der Waals surface area contributed by atoms with Crippen LogP contribution in [0.5, 0.6) is 0 Å². The van der Waals surface area contributed by atoms with Gasteiger partial charge in [0.2, 0.25) is 0 Å². The van der Waals surface area contributed by atoms with Gasteiger partial charge in [-0.3, -0.25) is 0 Å². The SMILES string of the molecule is CCCCCCCCC=CC(=O)[O-].CCCCCCCCC=CC(=O)[O-].[Sn+2]. The van der Waals surface area contributed by atoms with Crippen molar-refractivity contribution in [3.8, 4) is 0 Å². The zero-order valence-electron chi connectivity index (χ0n) is 17.3. The number of carbonyl (C=O) groups excluding carboxylic acids is 2. The van der Waals surface area contributed by atoms with Gasteiger partial charge in [0.1, 0.15) is 0 Å². The predicted octanol–water partition coefficient (Wildman–Crippen LogP) is 3.71. The third-order valence-electron chi connectivity index (χ3n) is 3.96. The van der Waals surface area contributed by atoms with Crippen LogP contribution in [0, 0.1) is 0 Å². The third kappa shape index (κ3) is 36.8. The van der Waals surface area contributed by atoms with Crippen LogP contribution in [0.4, 0.5) is 0 Å².